The number of rotatable bonds is 6. The molecule has 0 fully saturated rings. The van der Waals surface area contributed by atoms with Crippen LogP contribution in [-0.4, -0.2) is 24.5 Å². The van der Waals surface area contributed by atoms with Crippen molar-refractivity contribution >= 4 is 16.8 Å². The maximum absolute atomic E-state index is 12.7. The van der Waals surface area contributed by atoms with Gasteiger partial charge in [-0.25, -0.2) is 0 Å². The number of hydrogen-bond donors (Lipinski definition) is 2. The van der Waals surface area contributed by atoms with Gasteiger partial charge in [0.25, 0.3) is 5.91 Å². The van der Waals surface area contributed by atoms with Crippen LogP contribution in [0.25, 0.3) is 10.9 Å². The van der Waals surface area contributed by atoms with Gasteiger partial charge in [0.05, 0.1) is 18.7 Å². The van der Waals surface area contributed by atoms with Crippen LogP contribution in [0, 0.1) is 11.3 Å². The summed E-state index contributed by atoms with van der Waals surface area (Å²) in [7, 11) is 1.64. The summed E-state index contributed by atoms with van der Waals surface area (Å²) in [4.78, 5) is 16.1. The largest absolute Gasteiger partial charge is 0.497 e. The van der Waals surface area contributed by atoms with Crippen molar-refractivity contribution in [3.05, 3.63) is 101 Å². The molecule has 0 aliphatic carbocycles. The molecule has 0 aliphatic heterocycles. The Morgan fingerprint density at radius 1 is 1.10 bits per heavy atom. The lowest BCUT2D eigenvalue weighted by molar-refractivity contribution is 0.0952. The summed E-state index contributed by atoms with van der Waals surface area (Å²) in [5, 5.41) is 13.2. The summed E-state index contributed by atoms with van der Waals surface area (Å²) >= 11 is 0. The van der Waals surface area contributed by atoms with Crippen LogP contribution in [0.4, 0.5) is 0 Å². The lowest BCUT2D eigenvalue weighted by Crippen LogP contribution is -2.29. The molecule has 0 radical (unpaired) electrons. The predicted octanol–water partition coefficient (Wildman–Crippen LogP) is 4.61. The van der Waals surface area contributed by atoms with E-state index in [1.165, 1.54) is 0 Å². The molecule has 1 heterocycles. The van der Waals surface area contributed by atoms with Crippen LogP contribution in [-0.2, 0) is 0 Å². The first-order valence-corrected chi connectivity index (χ1v) is 9.68. The first-order valence-electron chi connectivity index (χ1n) is 9.68. The van der Waals surface area contributed by atoms with Crippen molar-refractivity contribution in [3.8, 4) is 11.8 Å². The highest BCUT2D eigenvalue weighted by Gasteiger charge is 2.19. The molecule has 1 atom stereocenters. The number of benzene rings is 3. The smallest absolute Gasteiger partial charge is 0.251 e. The molecule has 30 heavy (non-hydrogen) atoms. The lowest BCUT2D eigenvalue weighted by Gasteiger charge is -2.19. The third kappa shape index (κ3) is 3.89. The third-order valence-electron chi connectivity index (χ3n) is 5.24. The molecule has 4 rings (SSSR count). The molecule has 0 aliphatic rings. The highest BCUT2D eigenvalue weighted by Crippen LogP contribution is 2.31. The van der Waals surface area contributed by atoms with Gasteiger partial charge < -0.3 is 15.0 Å². The molecule has 1 amide bonds. The van der Waals surface area contributed by atoms with Crippen LogP contribution in [0.5, 0.6) is 5.75 Å². The second kappa shape index (κ2) is 8.54. The minimum atomic E-state index is -0.203. The van der Waals surface area contributed by atoms with E-state index in [2.05, 4.69) is 22.4 Å². The van der Waals surface area contributed by atoms with Crippen molar-refractivity contribution in [1.29, 1.82) is 5.26 Å². The molecule has 3 aromatic carbocycles. The number of fused-ring (bicyclic) bond motifs is 1. The van der Waals surface area contributed by atoms with Gasteiger partial charge in [-0.1, -0.05) is 36.4 Å². The average molecular weight is 395 g/mol. The van der Waals surface area contributed by atoms with Gasteiger partial charge in [0.1, 0.15) is 5.75 Å². The molecule has 4 aromatic rings. The number of hydrogen-bond acceptors (Lipinski definition) is 3. The number of amides is 1. The minimum Gasteiger partial charge on any atom is -0.497 e. The monoisotopic (exact) mass is 395 g/mol. The van der Waals surface area contributed by atoms with Crippen molar-refractivity contribution in [2.75, 3.05) is 13.7 Å². The van der Waals surface area contributed by atoms with Crippen molar-refractivity contribution in [1.82, 2.24) is 10.3 Å². The van der Waals surface area contributed by atoms with E-state index in [0.29, 0.717) is 17.7 Å². The molecule has 2 N–H and O–H groups in total. The van der Waals surface area contributed by atoms with Crippen LogP contribution in [0.3, 0.4) is 0 Å². The van der Waals surface area contributed by atoms with E-state index in [1.807, 2.05) is 48.7 Å². The average Bonchev–Trinajstić information content (AvgIpc) is 3.23. The van der Waals surface area contributed by atoms with Crippen molar-refractivity contribution in [2.45, 2.75) is 5.92 Å². The lowest BCUT2D eigenvalue weighted by atomic mass is 9.90. The van der Waals surface area contributed by atoms with Gasteiger partial charge in [0.15, 0.2) is 0 Å². The Morgan fingerprint density at radius 2 is 1.90 bits per heavy atom. The molecular weight excluding hydrogens is 374 g/mol. The Morgan fingerprint density at radius 3 is 2.67 bits per heavy atom. The minimum absolute atomic E-state index is 0.0462. The van der Waals surface area contributed by atoms with E-state index < -0.39 is 0 Å². The molecule has 0 bridgehead atoms. The van der Waals surface area contributed by atoms with E-state index in [1.54, 1.807) is 31.4 Å². The Bertz CT molecular complexity index is 1220. The normalized spacial score (nSPS) is 11.6. The van der Waals surface area contributed by atoms with Gasteiger partial charge in [0, 0.05) is 35.1 Å². The molecule has 0 saturated carbocycles. The van der Waals surface area contributed by atoms with Crippen LogP contribution in [0.2, 0.25) is 0 Å². The number of H-pyrrole nitrogens is 1. The second-order valence-corrected chi connectivity index (χ2v) is 7.02. The van der Waals surface area contributed by atoms with Gasteiger partial charge in [-0.2, -0.15) is 5.26 Å². The van der Waals surface area contributed by atoms with E-state index in [9.17, 15) is 4.79 Å². The summed E-state index contributed by atoms with van der Waals surface area (Å²) in [5.41, 5.74) is 4.18. The first kappa shape index (κ1) is 19.3. The fourth-order valence-corrected chi connectivity index (χ4v) is 3.65. The van der Waals surface area contributed by atoms with E-state index in [4.69, 9.17) is 10.00 Å². The van der Waals surface area contributed by atoms with Crippen LogP contribution < -0.4 is 10.1 Å². The SMILES string of the molecule is COc1ccc(C(CNC(=O)c2cccc(C#N)c2)c2c[nH]c3ccccc23)cc1. The zero-order valence-electron chi connectivity index (χ0n) is 16.6. The zero-order valence-corrected chi connectivity index (χ0v) is 16.6. The van der Waals surface area contributed by atoms with Gasteiger partial charge in [0.2, 0.25) is 0 Å². The number of nitrogens with zero attached hydrogens (tertiary/aromatic N) is 1. The maximum Gasteiger partial charge on any atom is 0.251 e. The van der Waals surface area contributed by atoms with E-state index in [0.717, 1.165) is 27.8 Å². The fourth-order valence-electron chi connectivity index (χ4n) is 3.65. The Labute approximate surface area is 174 Å². The fraction of sp³-hybridized carbons (Fsp3) is 0.120. The Kier molecular flexibility index (Phi) is 5.49. The summed E-state index contributed by atoms with van der Waals surface area (Å²) in [6.07, 6.45) is 2.00. The number of nitrogens with one attached hydrogen (secondary N) is 2. The number of carbonyl (C=O) groups excluding carboxylic acids is 1. The number of aromatic amines is 1. The summed E-state index contributed by atoms with van der Waals surface area (Å²) in [6.45, 7) is 0.420. The number of aromatic nitrogens is 1. The first-order chi connectivity index (χ1) is 14.7. The van der Waals surface area contributed by atoms with Crippen LogP contribution in [0.1, 0.15) is 33.0 Å². The number of carbonyl (C=O) groups is 1. The molecular formula is C25H21N3O2. The topological polar surface area (TPSA) is 77.9 Å². The third-order valence-corrected chi connectivity index (χ3v) is 5.24. The molecule has 0 spiro atoms. The molecule has 1 aromatic heterocycles. The van der Waals surface area contributed by atoms with Crippen molar-refractivity contribution in [3.63, 3.8) is 0 Å². The predicted molar refractivity (Wildman–Crippen MR) is 117 cm³/mol. The number of nitriles is 1. The molecule has 0 saturated heterocycles. The summed E-state index contributed by atoms with van der Waals surface area (Å²) in [6, 6.07) is 24.8. The van der Waals surface area contributed by atoms with Gasteiger partial charge >= 0.3 is 0 Å². The molecule has 5 nitrogen and oxygen atoms in total. The van der Waals surface area contributed by atoms with Crippen LogP contribution >= 0.6 is 0 Å². The number of methoxy groups -OCH3 is 1. The number of ether oxygens (including phenoxy) is 1. The van der Waals surface area contributed by atoms with Gasteiger partial charge in [-0.15, -0.1) is 0 Å². The highest BCUT2D eigenvalue weighted by atomic mass is 16.5. The van der Waals surface area contributed by atoms with Gasteiger partial charge in [-0.05, 0) is 47.5 Å². The van der Waals surface area contributed by atoms with E-state index in [-0.39, 0.29) is 11.8 Å². The maximum atomic E-state index is 12.7. The van der Waals surface area contributed by atoms with E-state index >= 15 is 0 Å². The highest BCUT2D eigenvalue weighted by molar-refractivity contribution is 5.94. The quantitative estimate of drug-likeness (QED) is 0.500. The molecule has 5 heteroatoms. The standard InChI is InChI=1S/C25H21N3O2/c1-30-20-11-9-18(10-12-20)22(23-16-27-24-8-3-2-7-21(23)24)15-28-25(29)19-6-4-5-17(13-19)14-26/h2-13,16,22,27H,15H2,1H3,(H,28,29). The summed E-state index contributed by atoms with van der Waals surface area (Å²) in [5.74, 6) is 0.536. The van der Waals surface area contributed by atoms with Crippen molar-refractivity contribution < 1.29 is 9.53 Å². The zero-order chi connectivity index (χ0) is 20.9. The second-order valence-electron chi connectivity index (χ2n) is 7.02. The molecule has 1 unspecified atom stereocenters. The molecule has 148 valence electrons. The van der Waals surface area contributed by atoms with Gasteiger partial charge in [-0.3, -0.25) is 4.79 Å². The van der Waals surface area contributed by atoms with Crippen molar-refractivity contribution in [2.24, 2.45) is 0 Å². The van der Waals surface area contributed by atoms with Crippen LogP contribution in [0.15, 0.2) is 79.0 Å². The Hall–Kier alpha value is -4.04. The Balaban J connectivity index is 1.65. The number of para-hydroxylation sites is 1. The summed E-state index contributed by atoms with van der Waals surface area (Å²) < 4.78 is 5.29.